The summed E-state index contributed by atoms with van der Waals surface area (Å²) >= 11 is 0. The molecule has 0 atom stereocenters. The Hall–Kier alpha value is -3.74. The number of rotatable bonds is 4. The first kappa shape index (κ1) is 21.1. The molecule has 0 aliphatic carbocycles. The summed E-state index contributed by atoms with van der Waals surface area (Å²) in [5, 5.41) is 5.81. The third-order valence-corrected chi connectivity index (χ3v) is 6.21. The van der Waals surface area contributed by atoms with E-state index in [1.807, 2.05) is 46.8 Å². The molecule has 3 heterocycles. The maximum Gasteiger partial charge on any atom is 0.253 e. The minimum Gasteiger partial charge on any atom is -0.352 e. The second-order valence-electron chi connectivity index (χ2n) is 8.49. The lowest BCUT2D eigenvalue weighted by molar-refractivity contribution is 0.0746. The first-order valence-corrected chi connectivity index (χ1v) is 11.5. The summed E-state index contributed by atoms with van der Waals surface area (Å²) in [6.45, 7) is 8.93. The Balaban J connectivity index is 1.47. The van der Waals surface area contributed by atoms with E-state index in [0.29, 0.717) is 13.1 Å². The minimum atomic E-state index is 0.0840. The summed E-state index contributed by atoms with van der Waals surface area (Å²) in [4.78, 5) is 26.8. The van der Waals surface area contributed by atoms with Crippen molar-refractivity contribution in [2.24, 2.45) is 0 Å². The molecular weight excluding hydrogens is 412 g/mol. The zero-order chi connectivity index (χ0) is 22.9. The van der Waals surface area contributed by atoms with Crippen molar-refractivity contribution in [3.63, 3.8) is 0 Å². The van der Waals surface area contributed by atoms with E-state index < -0.39 is 0 Å². The molecular formula is C26H28N6O. The molecule has 1 saturated heterocycles. The van der Waals surface area contributed by atoms with Crippen LogP contribution < -0.4 is 4.90 Å². The molecule has 0 radical (unpaired) electrons. The van der Waals surface area contributed by atoms with Gasteiger partial charge in [-0.2, -0.15) is 5.10 Å². The summed E-state index contributed by atoms with van der Waals surface area (Å²) < 4.78 is 1.92. The van der Waals surface area contributed by atoms with Gasteiger partial charge in [-0.25, -0.2) is 14.6 Å². The Bertz CT molecular complexity index is 1290. The van der Waals surface area contributed by atoms with Crippen molar-refractivity contribution in [1.82, 2.24) is 24.6 Å². The average Bonchev–Trinajstić information content (AvgIpc) is 3.20. The van der Waals surface area contributed by atoms with Crippen molar-refractivity contribution in [3.05, 3.63) is 77.2 Å². The summed E-state index contributed by atoms with van der Waals surface area (Å²) in [5.41, 5.74) is 4.67. The normalized spacial score (nSPS) is 14.2. The zero-order valence-corrected chi connectivity index (χ0v) is 19.3. The van der Waals surface area contributed by atoms with Gasteiger partial charge in [0.25, 0.3) is 5.91 Å². The third kappa shape index (κ3) is 3.95. The average molecular weight is 441 g/mol. The molecule has 5 rings (SSSR count). The molecule has 2 aromatic heterocycles. The summed E-state index contributed by atoms with van der Waals surface area (Å²) in [7, 11) is 0. The largest absolute Gasteiger partial charge is 0.352 e. The number of aromatic nitrogens is 4. The second-order valence-corrected chi connectivity index (χ2v) is 8.49. The van der Waals surface area contributed by atoms with E-state index in [9.17, 15) is 4.79 Å². The van der Waals surface area contributed by atoms with Crippen molar-refractivity contribution in [1.29, 1.82) is 0 Å². The van der Waals surface area contributed by atoms with Gasteiger partial charge in [0, 0.05) is 38.2 Å². The van der Waals surface area contributed by atoms with Crippen LogP contribution >= 0.6 is 0 Å². The van der Waals surface area contributed by atoms with Gasteiger partial charge in [-0.15, -0.1) is 0 Å². The number of anilines is 1. The molecule has 0 spiro atoms. The standard InChI is InChI=1S/C26H28N6O/c1-4-22-27-24(30-14-16-31(17-15-30)26(33)20-8-6-5-7-9-20)23-19(3)29-32(25(23)28-22)21-12-10-18(2)11-13-21/h5-13H,4,14-17H2,1-3H3. The number of nitrogens with zero attached hydrogens (tertiary/aromatic N) is 6. The number of carbonyl (C=O) groups is 1. The van der Waals surface area contributed by atoms with Crippen LogP contribution in [0.3, 0.4) is 0 Å². The molecule has 1 aliphatic rings. The molecule has 0 unspecified atom stereocenters. The molecule has 0 saturated carbocycles. The summed E-state index contributed by atoms with van der Waals surface area (Å²) in [6, 6.07) is 17.8. The summed E-state index contributed by atoms with van der Waals surface area (Å²) in [5.74, 6) is 1.80. The molecule has 0 N–H and O–H groups in total. The first-order valence-electron chi connectivity index (χ1n) is 11.5. The van der Waals surface area contributed by atoms with Crippen LogP contribution in [0.5, 0.6) is 0 Å². The number of hydrogen-bond acceptors (Lipinski definition) is 5. The fourth-order valence-electron chi connectivity index (χ4n) is 4.34. The van der Waals surface area contributed by atoms with Crippen LogP contribution in [0.15, 0.2) is 54.6 Å². The highest BCUT2D eigenvalue weighted by molar-refractivity contribution is 5.94. The molecule has 1 fully saturated rings. The van der Waals surface area contributed by atoms with Gasteiger partial charge < -0.3 is 9.80 Å². The molecule has 4 aromatic rings. The highest BCUT2D eigenvalue weighted by Gasteiger charge is 2.26. The van der Waals surface area contributed by atoms with Crippen LogP contribution in [0.2, 0.25) is 0 Å². The molecule has 33 heavy (non-hydrogen) atoms. The lowest BCUT2D eigenvalue weighted by Gasteiger charge is -2.35. The number of carbonyl (C=O) groups excluding carboxylic acids is 1. The van der Waals surface area contributed by atoms with Gasteiger partial charge in [0.1, 0.15) is 11.6 Å². The van der Waals surface area contributed by atoms with Gasteiger partial charge in [-0.3, -0.25) is 4.79 Å². The van der Waals surface area contributed by atoms with E-state index in [1.54, 1.807) is 0 Å². The Morgan fingerprint density at radius 2 is 1.61 bits per heavy atom. The third-order valence-electron chi connectivity index (χ3n) is 6.21. The smallest absolute Gasteiger partial charge is 0.253 e. The lowest BCUT2D eigenvalue weighted by Crippen LogP contribution is -2.49. The van der Waals surface area contributed by atoms with Gasteiger partial charge in [0.15, 0.2) is 5.65 Å². The molecule has 7 nitrogen and oxygen atoms in total. The summed E-state index contributed by atoms with van der Waals surface area (Å²) in [6.07, 6.45) is 0.744. The SMILES string of the molecule is CCc1nc(N2CCN(C(=O)c3ccccc3)CC2)c2c(C)nn(-c3ccc(C)cc3)c2n1. The molecule has 0 bridgehead atoms. The molecule has 1 amide bonds. The second kappa shape index (κ2) is 8.65. The van der Waals surface area contributed by atoms with Crippen molar-refractivity contribution in [3.8, 4) is 5.69 Å². The lowest BCUT2D eigenvalue weighted by atomic mass is 10.1. The Labute approximate surface area is 193 Å². The van der Waals surface area contributed by atoms with Crippen LogP contribution in [0.4, 0.5) is 5.82 Å². The Morgan fingerprint density at radius 1 is 0.909 bits per heavy atom. The predicted octanol–water partition coefficient (Wildman–Crippen LogP) is 3.96. The fraction of sp³-hybridized carbons (Fsp3) is 0.308. The molecule has 168 valence electrons. The van der Waals surface area contributed by atoms with Crippen LogP contribution in [-0.4, -0.2) is 56.7 Å². The number of amides is 1. The molecule has 2 aromatic carbocycles. The van der Waals surface area contributed by atoms with Crippen LogP contribution in [0.1, 0.15) is 34.4 Å². The van der Waals surface area contributed by atoms with Gasteiger partial charge in [-0.1, -0.05) is 42.8 Å². The molecule has 7 heteroatoms. The van der Waals surface area contributed by atoms with E-state index in [1.165, 1.54) is 5.56 Å². The fourth-order valence-corrected chi connectivity index (χ4v) is 4.34. The van der Waals surface area contributed by atoms with E-state index in [4.69, 9.17) is 15.1 Å². The van der Waals surface area contributed by atoms with Gasteiger partial charge in [0.05, 0.1) is 16.8 Å². The Kier molecular flexibility index (Phi) is 5.54. The van der Waals surface area contributed by atoms with Gasteiger partial charge >= 0.3 is 0 Å². The number of aryl methyl sites for hydroxylation is 3. The quantitative estimate of drug-likeness (QED) is 0.481. The number of piperazine rings is 1. The highest BCUT2D eigenvalue weighted by Crippen LogP contribution is 2.30. The Morgan fingerprint density at radius 3 is 2.27 bits per heavy atom. The topological polar surface area (TPSA) is 67.2 Å². The highest BCUT2D eigenvalue weighted by atomic mass is 16.2. The molecule has 1 aliphatic heterocycles. The van der Waals surface area contributed by atoms with Crippen molar-refractivity contribution < 1.29 is 4.79 Å². The van der Waals surface area contributed by atoms with Gasteiger partial charge in [-0.05, 0) is 38.1 Å². The predicted molar refractivity (Wildman–Crippen MR) is 130 cm³/mol. The monoisotopic (exact) mass is 440 g/mol. The van der Waals surface area contributed by atoms with E-state index in [2.05, 4.69) is 43.0 Å². The van der Waals surface area contributed by atoms with Crippen LogP contribution in [-0.2, 0) is 6.42 Å². The number of hydrogen-bond donors (Lipinski definition) is 0. The van der Waals surface area contributed by atoms with Crippen molar-refractivity contribution in [2.45, 2.75) is 27.2 Å². The zero-order valence-electron chi connectivity index (χ0n) is 19.3. The van der Waals surface area contributed by atoms with E-state index in [0.717, 1.165) is 59.1 Å². The van der Waals surface area contributed by atoms with Crippen molar-refractivity contribution in [2.75, 3.05) is 31.1 Å². The van der Waals surface area contributed by atoms with Crippen molar-refractivity contribution >= 4 is 22.8 Å². The minimum absolute atomic E-state index is 0.0840. The maximum absolute atomic E-state index is 12.9. The van der Waals surface area contributed by atoms with Crippen LogP contribution in [0, 0.1) is 13.8 Å². The first-order chi connectivity index (χ1) is 16.0. The van der Waals surface area contributed by atoms with E-state index in [-0.39, 0.29) is 5.91 Å². The van der Waals surface area contributed by atoms with E-state index >= 15 is 0 Å². The number of fused-ring (bicyclic) bond motifs is 1. The maximum atomic E-state index is 12.9. The van der Waals surface area contributed by atoms with Gasteiger partial charge in [0.2, 0.25) is 0 Å². The number of benzene rings is 2. The van der Waals surface area contributed by atoms with Crippen LogP contribution in [0.25, 0.3) is 16.7 Å².